The number of carboxylic acid groups (broad SMARTS) is 1. The predicted molar refractivity (Wildman–Crippen MR) is 313 cm³/mol. The van der Waals surface area contributed by atoms with Gasteiger partial charge in [0.25, 0.3) is 0 Å². The van der Waals surface area contributed by atoms with Crippen LogP contribution >= 0.6 is 0 Å². The Labute approximate surface area is 653 Å². The second kappa shape index (κ2) is 33.8. The molecule has 5 aromatic carbocycles. The van der Waals surface area contributed by atoms with Gasteiger partial charge in [0.2, 0.25) is 5.75 Å². The number of aromatic carboxylic acids is 1. The molecule has 5 aromatic rings. The normalized spacial score (nSPS) is 15.2. The van der Waals surface area contributed by atoms with Gasteiger partial charge in [-0.3, -0.25) is 4.79 Å². The Kier molecular flexibility index (Phi) is 29.0. The first-order valence-electron chi connectivity index (χ1n) is 33.0. The highest BCUT2D eigenvalue weighted by Gasteiger charge is 2.99. The minimum atomic E-state index is -9.18. The van der Waals surface area contributed by atoms with E-state index in [1.54, 1.807) is 48.5 Å². The molecule has 1 N–H and O–H groups in total. The number of benzene rings is 5. The second-order valence-electron chi connectivity index (χ2n) is 26.6. The molecule has 5 rings (SSSR count). The van der Waals surface area contributed by atoms with E-state index in [0.717, 1.165) is 16.2 Å². The molecule has 0 atom stereocenters. The number of halogens is 51. The van der Waals surface area contributed by atoms with Crippen LogP contribution in [0.15, 0.2) is 60.7 Å². The Morgan fingerprint density at radius 3 is 0.911 bits per heavy atom. The molecule has 0 unspecified atom stereocenters. The SMILES string of the molecule is O=C(Cc1ccc2ccc3cccc4ccc1c2c34)OCCOCCc1c(C(=O)O)cc(OCCCCC(F)(F)C(F)(F)C(F)(F)C(F)(F)C(F)(F)C(F)(F)C(F)(F)C(F)(F)F)c(OCCCCC(F)(F)C(F)(F)C(F)(F)C(F)(F)C(F)(F)C(F)(F)C(F)(F)C(F)(F)F)c1OCCCCC(F)(F)C(F)(F)C(F)(F)C(F)(F)C(F)(F)C(F)(F)C(F)(F)C(F)(F)F. The van der Waals surface area contributed by atoms with Crippen LogP contribution in [-0.4, -0.2) is 200 Å². The van der Waals surface area contributed by atoms with Gasteiger partial charge >= 0.3 is 155 Å². The molecule has 0 aliphatic rings. The van der Waals surface area contributed by atoms with Crippen molar-refractivity contribution >= 4 is 44.3 Å². The number of alkyl halides is 51. The highest BCUT2D eigenvalue weighted by molar-refractivity contribution is 6.23. The van der Waals surface area contributed by atoms with E-state index in [2.05, 4.69) is 0 Å². The summed E-state index contributed by atoms with van der Waals surface area (Å²) >= 11 is 0. The number of unbranched alkanes of at least 4 members (excludes halogenated alkanes) is 3. The third-order valence-corrected chi connectivity index (χ3v) is 18.2. The number of esters is 1. The number of carboxylic acids is 1. The smallest absolute Gasteiger partial charge is 0.460 e. The van der Waals surface area contributed by atoms with Gasteiger partial charge in [-0.2, -0.15) is 224 Å². The second-order valence-corrected chi connectivity index (χ2v) is 26.6. The third kappa shape index (κ3) is 17.3. The zero-order valence-electron chi connectivity index (χ0n) is 59.4. The van der Waals surface area contributed by atoms with Crippen LogP contribution in [0.1, 0.15) is 79.3 Å². The van der Waals surface area contributed by atoms with Crippen molar-refractivity contribution in [3.8, 4) is 17.2 Å². The maximum atomic E-state index is 15.0. The van der Waals surface area contributed by atoms with Crippen molar-refractivity contribution in [2.75, 3.05) is 39.6 Å². The summed E-state index contributed by atoms with van der Waals surface area (Å²) in [5.41, 5.74) is -2.63. The summed E-state index contributed by atoms with van der Waals surface area (Å²) in [6.07, 6.45) is -48.9. The fourth-order valence-electron chi connectivity index (χ4n) is 11.1. The molecule has 0 spiro atoms. The summed E-state index contributed by atoms with van der Waals surface area (Å²) < 4.78 is 740. The minimum absolute atomic E-state index is 0.118. The monoisotopic (exact) mass is 1920 g/mol. The Morgan fingerprint density at radius 1 is 0.290 bits per heavy atom. The highest BCUT2D eigenvalue weighted by atomic mass is 19.5. The van der Waals surface area contributed by atoms with Crippen molar-refractivity contribution in [3.63, 3.8) is 0 Å². The van der Waals surface area contributed by atoms with Crippen LogP contribution in [0, 0.1) is 0 Å². The molecule has 0 aromatic heterocycles. The molecule has 0 aliphatic heterocycles. The van der Waals surface area contributed by atoms with Crippen molar-refractivity contribution in [2.24, 2.45) is 0 Å². The van der Waals surface area contributed by atoms with Crippen molar-refractivity contribution < 1.29 is 262 Å². The lowest BCUT2D eigenvalue weighted by Gasteiger charge is -2.42. The first-order valence-corrected chi connectivity index (χ1v) is 33.0. The van der Waals surface area contributed by atoms with Gasteiger partial charge in [-0.1, -0.05) is 54.6 Å². The standard InChI is InChI=1S/C65H45F51O8/c66-42(67,45(72,73)48(78,79)51(84,85)54(90,91)57(96,97)60(102,103)63(108,109)110)17-1-4-20-121-35-27-34(41(118)119)33(16-23-120-24-25-122-36(117)26-31-13-12-30-11-10-28-8-7-9-29-14-15-32(31)38(30)37(28)29)39(123-21-5-2-18-43(68,69)46(74,75)49(80,81)52(86,87)55(92,93)58(98,99)61(104,105)64(111,112)113)40(35)124-22-6-3-19-44(70,71)47(76,77)50(82,83)53(88,89)56(94,95)59(100,101)62(106,107)65(114,115)116/h7-15,27H,1-6,16-26H2,(H,118,119). The van der Waals surface area contributed by atoms with E-state index in [1.165, 1.54) is 6.07 Å². The number of ether oxygens (including phenoxy) is 5. The van der Waals surface area contributed by atoms with E-state index in [-0.39, 0.29) is 6.07 Å². The Morgan fingerprint density at radius 2 is 0.581 bits per heavy atom. The largest absolute Gasteiger partial charge is 0.490 e. The lowest BCUT2D eigenvalue weighted by atomic mass is 9.88. The first-order chi connectivity index (χ1) is 55.1. The number of carbonyl (C=O) groups excluding carboxylic acids is 1. The fourth-order valence-corrected chi connectivity index (χ4v) is 11.1. The van der Waals surface area contributed by atoms with Crippen LogP contribution in [-0.2, 0) is 27.1 Å². The van der Waals surface area contributed by atoms with E-state index < -0.39 is 293 Å². The quantitative estimate of drug-likeness (QED) is 0.0178. The zero-order chi connectivity index (χ0) is 96.7. The van der Waals surface area contributed by atoms with Crippen molar-refractivity contribution in [2.45, 2.75) is 214 Å². The van der Waals surface area contributed by atoms with E-state index >= 15 is 17.6 Å². The molecular weight excluding hydrogens is 1880 g/mol. The van der Waals surface area contributed by atoms with Crippen molar-refractivity contribution in [3.05, 3.63) is 77.4 Å². The molecule has 0 saturated carbocycles. The van der Waals surface area contributed by atoms with Gasteiger partial charge in [-0.15, -0.1) is 0 Å². The summed E-state index contributed by atoms with van der Waals surface area (Å²) in [5, 5.41) is 14.3. The summed E-state index contributed by atoms with van der Waals surface area (Å²) in [6.45, 7) is -8.84. The van der Waals surface area contributed by atoms with Gasteiger partial charge in [0.15, 0.2) is 11.5 Å². The fraction of sp³-hybridized carbons (Fsp3) is 0.631. The molecule has 124 heavy (non-hydrogen) atoms. The maximum Gasteiger partial charge on any atom is 0.460 e. The molecule has 0 saturated heterocycles. The average Bonchev–Trinajstić information content (AvgIpc) is 0.701. The summed E-state index contributed by atoms with van der Waals surface area (Å²) in [4.78, 5) is 26.1. The third-order valence-electron chi connectivity index (χ3n) is 18.2. The molecule has 59 heteroatoms. The van der Waals surface area contributed by atoms with Crippen LogP contribution in [0.2, 0.25) is 0 Å². The van der Waals surface area contributed by atoms with Crippen molar-refractivity contribution in [1.29, 1.82) is 0 Å². The van der Waals surface area contributed by atoms with Gasteiger partial charge in [0, 0.05) is 31.2 Å². The van der Waals surface area contributed by atoms with Crippen LogP contribution in [0.3, 0.4) is 0 Å². The maximum absolute atomic E-state index is 15.0. The molecule has 0 radical (unpaired) electrons. The van der Waals surface area contributed by atoms with E-state index in [0.29, 0.717) is 21.7 Å². The van der Waals surface area contributed by atoms with Crippen LogP contribution in [0.25, 0.3) is 32.3 Å². The lowest BCUT2D eigenvalue weighted by Crippen LogP contribution is -2.74. The van der Waals surface area contributed by atoms with E-state index in [9.17, 15) is 221 Å². The molecule has 710 valence electrons. The van der Waals surface area contributed by atoms with Gasteiger partial charge in [0.1, 0.15) is 6.61 Å². The number of rotatable bonds is 45. The number of hydrogen-bond donors (Lipinski definition) is 1. The summed E-state index contributed by atoms with van der Waals surface area (Å²) in [6, 6.07) is 14.9. The molecule has 0 bridgehead atoms. The summed E-state index contributed by atoms with van der Waals surface area (Å²) in [5.74, 6) is -191. The molecule has 0 fully saturated rings. The Balaban J connectivity index is 1.58. The van der Waals surface area contributed by atoms with Crippen LogP contribution in [0.5, 0.6) is 17.2 Å². The zero-order valence-corrected chi connectivity index (χ0v) is 59.4. The molecular formula is C65H45F51O8. The highest BCUT2D eigenvalue weighted by Crippen LogP contribution is 2.69. The Bertz CT molecular complexity index is 4520. The average molecular weight is 1920 g/mol. The predicted octanol–water partition coefficient (Wildman–Crippen LogP) is 25.3. The lowest BCUT2D eigenvalue weighted by molar-refractivity contribution is -0.461. The molecule has 0 aliphatic carbocycles. The van der Waals surface area contributed by atoms with E-state index in [1.807, 2.05) is 0 Å². The van der Waals surface area contributed by atoms with Gasteiger partial charge < -0.3 is 28.8 Å². The van der Waals surface area contributed by atoms with Crippen molar-refractivity contribution in [1.82, 2.24) is 0 Å². The molecule has 0 amide bonds. The topological polar surface area (TPSA) is 101 Å². The van der Waals surface area contributed by atoms with Gasteiger partial charge in [-0.05, 0) is 82.5 Å². The minimum Gasteiger partial charge on any atom is -0.490 e. The van der Waals surface area contributed by atoms with Gasteiger partial charge in [0.05, 0.1) is 45.0 Å². The van der Waals surface area contributed by atoms with E-state index in [4.69, 9.17) is 23.7 Å². The molecule has 8 nitrogen and oxygen atoms in total. The first kappa shape index (κ1) is 106. The molecule has 0 heterocycles. The van der Waals surface area contributed by atoms with Gasteiger partial charge in [-0.25, -0.2) is 4.79 Å². The number of hydrogen-bond acceptors (Lipinski definition) is 7. The van der Waals surface area contributed by atoms with Crippen LogP contribution < -0.4 is 14.2 Å². The van der Waals surface area contributed by atoms with Crippen LogP contribution in [0.4, 0.5) is 224 Å². The summed E-state index contributed by atoms with van der Waals surface area (Å²) in [7, 11) is 0. The number of carbonyl (C=O) groups is 2. The Hall–Kier alpha value is -8.13.